The standard InChI is InChI=1S/C20H35N.C18H27N.C15H23N/c1-13-20(12-19(5,6)21(13)18(2,3)4)16-8-14-7-15(10-16)11-17(20)9-14;1-14-18(12-8-5-9-13-18)15-10-6-7-11-16(15)19(14)17(2,3)4;1-11-15(5,6)12-9-7-8-10-13(12)16(11)14(2,3)4/h13-17H,7-12H2,1-6H3;6-7,10-11,14H,5,8-9,12-13H2,1-4H3;7-11H,1-6H3/t13-,14?,15?,16?,17?,20?;14-;11-/m000/s1. The topological polar surface area (TPSA) is 9.72 Å². The highest BCUT2D eigenvalue weighted by molar-refractivity contribution is 5.66. The molecule has 10 rings (SSSR count). The Bertz CT molecular complexity index is 1670. The molecule has 3 heterocycles. The second kappa shape index (κ2) is 14.0. The molecule has 2 aromatic rings. The molecule has 0 N–H and O–H groups in total. The van der Waals surface area contributed by atoms with E-state index in [-0.39, 0.29) is 16.5 Å². The molecule has 3 atom stereocenters. The van der Waals surface area contributed by atoms with Crippen molar-refractivity contribution < 1.29 is 0 Å². The largest absolute Gasteiger partial charge is 0.363 e. The van der Waals surface area contributed by atoms with Crippen LogP contribution in [0.4, 0.5) is 11.4 Å². The van der Waals surface area contributed by atoms with E-state index in [1.54, 1.807) is 37.7 Å². The molecule has 0 aromatic heterocycles. The van der Waals surface area contributed by atoms with Gasteiger partial charge in [-0.3, -0.25) is 4.90 Å². The smallest absolute Gasteiger partial charge is 0.0412 e. The summed E-state index contributed by atoms with van der Waals surface area (Å²) in [6.45, 7) is 38.3. The molecule has 5 saturated carbocycles. The van der Waals surface area contributed by atoms with Gasteiger partial charge >= 0.3 is 0 Å². The summed E-state index contributed by atoms with van der Waals surface area (Å²) in [7, 11) is 0. The van der Waals surface area contributed by atoms with Gasteiger partial charge in [-0.25, -0.2) is 0 Å². The van der Waals surface area contributed by atoms with Gasteiger partial charge in [0.25, 0.3) is 0 Å². The molecule has 0 amide bonds. The van der Waals surface area contributed by atoms with Gasteiger partial charge in [-0.15, -0.1) is 0 Å². The molecule has 56 heavy (non-hydrogen) atoms. The third-order valence-electron chi connectivity index (χ3n) is 17.3. The van der Waals surface area contributed by atoms with Crippen LogP contribution in [0.2, 0.25) is 0 Å². The quantitative estimate of drug-likeness (QED) is 0.265. The van der Waals surface area contributed by atoms with E-state index in [2.05, 4.69) is 174 Å². The van der Waals surface area contributed by atoms with Crippen LogP contribution in [0.25, 0.3) is 0 Å². The first-order valence-corrected chi connectivity index (χ1v) is 23.4. The fraction of sp³-hybridized carbons (Fsp3) is 0.774. The number of benzene rings is 2. The summed E-state index contributed by atoms with van der Waals surface area (Å²) in [6.07, 6.45) is 16.2. The van der Waals surface area contributed by atoms with E-state index in [1.165, 1.54) is 55.5 Å². The highest BCUT2D eigenvalue weighted by Crippen LogP contribution is 2.69. The van der Waals surface area contributed by atoms with Crippen molar-refractivity contribution in [2.24, 2.45) is 29.1 Å². The number of rotatable bonds is 0. The van der Waals surface area contributed by atoms with Gasteiger partial charge in [0.05, 0.1) is 0 Å². The molecule has 2 spiro atoms. The first-order valence-electron chi connectivity index (χ1n) is 23.4. The number of likely N-dealkylation sites (tertiary alicyclic amines) is 1. The first kappa shape index (κ1) is 42.1. The highest BCUT2D eigenvalue weighted by atomic mass is 15.3. The van der Waals surface area contributed by atoms with Crippen molar-refractivity contribution in [3.05, 3.63) is 59.7 Å². The third kappa shape index (κ3) is 6.71. The minimum atomic E-state index is 0.184. The fourth-order valence-corrected chi connectivity index (χ4v) is 15.8. The van der Waals surface area contributed by atoms with Crippen LogP contribution in [0.1, 0.15) is 193 Å². The van der Waals surface area contributed by atoms with Gasteiger partial charge in [-0.2, -0.15) is 0 Å². The monoisotopic (exact) mass is 764 g/mol. The predicted molar refractivity (Wildman–Crippen MR) is 243 cm³/mol. The summed E-state index contributed by atoms with van der Waals surface area (Å²) in [5.41, 5.74) is 8.36. The maximum Gasteiger partial charge on any atom is 0.0412 e. The zero-order valence-corrected chi connectivity index (χ0v) is 39.3. The Labute approximate surface area is 346 Å². The van der Waals surface area contributed by atoms with Crippen molar-refractivity contribution in [3.8, 4) is 0 Å². The molecule has 4 bridgehead atoms. The van der Waals surface area contributed by atoms with E-state index in [9.17, 15) is 0 Å². The lowest BCUT2D eigenvalue weighted by atomic mass is 9.43. The molecule has 0 radical (unpaired) electrons. The van der Waals surface area contributed by atoms with E-state index in [1.807, 2.05) is 0 Å². The second-order valence-electron chi connectivity index (χ2n) is 24.5. The van der Waals surface area contributed by atoms with E-state index < -0.39 is 0 Å². The molecule has 2 aromatic carbocycles. The number of para-hydroxylation sites is 2. The Balaban J connectivity index is 0.000000130. The molecular formula is C53H85N3. The van der Waals surface area contributed by atoms with Crippen LogP contribution in [0, 0.1) is 29.1 Å². The molecule has 0 unspecified atom stereocenters. The number of fused-ring (bicyclic) bond motifs is 3. The number of nitrogens with zero attached hydrogens (tertiary/aromatic N) is 3. The van der Waals surface area contributed by atoms with Gasteiger partial charge in [0.15, 0.2) is 0 Å². The minimum Gasteiger partial charge on any atom is -0.363 e. The average Bonchev–Trinajstić information content (AvgIpc) is 3.56. The lowest BCUT2D eigenvalue weighted by molar-refractivity contribution is -0.125. The van der Waals surface area contributed by atoms with Crippen LogP contribution in [0.15, 0.2) is 48.5 Å². The molecule has 3 heteroatoms. The Morgan fingerprint density at radius 2 is 0.964 bits per heavy atom. The van der Waals surface area contributed by atoms with Gasteiger partial charge in [0, 0.05) is 62.5 Å². The van der Waals surface area contributed by atoms with E-state index >= 15 is 0 Å². The van der Waals surface area contributed by atoms with Crippen LogP contribution in [-0.4, -0.2) is 45.2 Å². The maximum absolute atomic E-state index is 2.89. The number of anilines is 2. The Morgan fingerprint density at radius 3 is 1.43 bits per heavy atom. The van der Waals surface area contributed by atoms with Crippen LogP contribution < -0.4 is 9.80 Å². The zero-order chi connectivity index (χ0) is 41.0. The minimum absolute atomic E-state index is 0.184. The molecule has 3 nitrogen and oxygen atoms in total. The second-order valence-corrected chi connectivity index (χ2v) is 24.5. The molecule has 5 aliphatic carbocycles. The van der Waals surface area contributed by atoms with Gasteiger partial charge in [0.2, 0.25) is 0 Å². The molecular weight excluding hydrogens is 679 g/mol. The maximum atomic E-state index is 2.89. The summed E-state index contributed by atoms with van der Waals surface area (Å²) in [5, 5.41) is 0. The summed E-state index contributed by atoms with van der Waals surface area (Å²) < 4.78 is 0. The summed E-state index contributed by atoms with van der Waals surface area (Å²) in [4.78, 5) is 8.12. The van der Waals surface area contributed by atoms with Gasteiger partial charge in [-0.05, 0) is 201 Å². The Hall–Kier alpha value is -2.00. The summed E-state index contributed by atoms with van der Waals surface area (Å²) in [5.74, 6) is 4.26. The zero-order valence-electron chi connectivity index (χ0n) is 39.3. The van der Waals surface area contributed by atoms with Crippen molar-refractivity contribution in [2.45, 2.75) is 233 Å². The molecule has 8 aliphatic rings. The SMILES string of the molecule is C[C@@H]1N(C(C)(C)C)C(C)(C)CC12C1CC3CC(C1)CC2C3.C[C@@H]1N(C(C)(C)C)c2ccccc2C1(C)C.C[C@@H]1N(C(C)(C)C)c2ccccc2C12CCCCC2. The molecule has 6 fully saturated rings. The molecule has 3 aliphatic heterocycles. The van der Waals surface area contributed by atoms with Gasteiger partial charge < -0.3 is 9.80 Å². The van der Waals surface area contributed by atoms with Crippen LogP contribution in [-0.2, 0) is 10.8 Å². The molecule has 1 saturated heterocycles. The average molecular weight is 764 g/mol. The van der Waals surface area contributed by atoms with Gasteiger partial charge in [-0.1, -0.05) is 69.5 Å². The Kier molecular flexibility index (Phi) is 10.6. The van der Waals surface area contributed by atoms with Crippen molar-refractivity contribution >= 4 is 11.4 Å². The Morgan fingerprint density at radius 1 is 0.518 bits per heavy atom. The number of hydrogen-bond acceptors (Lipinski definition) is 3. The van der Waals surface area contributed by atoms with Gasteiger partial charge in [0.1, 0.15) is 0 Å². The van der Waals surface area contributed by atoms with Crippen LogP contribution >= 0.6 is 0 Å². The third-order valence-corrected chi connectivity index (χ3v) is 17.3. The fourth-order valence-electron chi connectivity index (χ4n) is 15.8. The number of hydrogen-bond donors (Lipinski definition) is 0. The van der Waals surface area contributed by atoms with Crippen molar-refractivity contribution in [1.82, 2.24) is 4.90 Å². The summed E-state index contributed by atoms with van der Waals surface area (Å²) in [6, 6.07) is 19.9. The summed E-state index contributed by atoms with van der Waals surface area (Å²) >= 11 is 0. The van der Waals surface area contributed by atoms with Crippen molar-refractivity contribution in [1.29, 1.82) is 0 Å². The lowest BCUT2D eigenvalue weighted by Crippen LogP contribution is -2.59. The van der Waals surface area contributed by atoms with Crippen molar-refractivity contribution in [2.75, 3.05) is 9.80 Å². The lowest BCUT2D eigenvalue weighted by Gasteiger charge is -2.62. The van der Waals surface area contributed by atoms with E-state index in [0.29, 0.717) is 34.0 Å². The van der Waals surface area contributed by atoms with Crippen LogP contribution in [0.5, 0.6) is 0 Å². The van der Waals surface area contributed by atoms with E-state index in [4.69, 9.17) is 0 Å². The van der Waals surface area contributed by atoms with Crippen molar-refractivity contribution in [3.63, 3.8) is 0 Å². The molecule has 312 valence electrons. The van der Waals surface area contributed by atoms with Crippen LogP contribution in [0.3, 0.4) is 0 Å². The highest BCUT2D eigenvalue weighted by Gasteiger charge is 2.66. The normalized spacial score (nSPS) is 34.9. The predicted octanol–water partition coefficient (Wildman–Crippen LogP) is 14.0. The van der Waals surface area contributed by atoms with E-state index in [0.717, 1.165) is 29.7 Å². The first-order chi connectivity index (χ1) is 25.9.